The van der Waals surface area contributed by atoms with Crippen LogP contribution in [0.3, 0.4) is 0 Å². The first-order chi connectivity index (χ1) is 15.9. The molecule has 0 radical (unpaired) electrons. The summed E-state index contributed by atoms with van der Waals surface area (Å²) in [6.45, 7) is 16.7. The van der Waals surface area contributed by atoms with Crippen LogP contribution in [0.5, 0.6) is 0 Å². The van der Waals surface area contributed by atoms with Crippen molar-refractivity contribution in [3.05, 3.63) is 58.9 Å². The molecule has 1 aromatic heterocycles. The lowest BCUT2D eigenvalue weighted by Crippen LogP contribution is -2.17. The average Bonchev–Trinajstić information content (AvgIpc) is 3.50. The molecular formula is C29H47NO3S. The van der Waals surface area contributed by atoms with Crippen molar-refractivity contribution in [2.45, 2.75) is 92.6 Å². The maximum atomic E-state index is 12.5. The van der Waals surface area contributed by atoms with E-state index in [0.717, 1.165) is 18.4 Å². The van der Waals surface area contributed by atoms with Crippen LogP contribution >= 0.6 is 11.8 Å². The number of aromatic amines is 1. The first kappa shape index (κ1) is 32.0. The number of hydrogen-bond donors (Lipinski definition) is 1. The van der Waals surface area contributed by atoms with Crippen molar-refractivity contribution in [2.75, 3.05) is 12.5 Å². The zero-order valence-electron chi connectivity index (χ0n) is 23.1. The first-order valence-electron chi connectivity index (χ1n) is 12.2. The van der Waals surface area contributed by atoms with Gasteiger partial charge in [0.2, 0.25) is 5.78 Å². The molecule has 34 heavy (non-hydrogen) atoms. The van der Waals surface area contributed by atoms with Crippen LogP contribution in [0.4, 0.5) is 0 Å². The van der Waals surface area contributed by atoms with Crippen LogP contribution in [0.25, 0.3) is 0 Å². The molecule has 5 heteroatoms. The van der Waals surface area contributed by atoms with Gasteiger partial charge in [-0.05, 0) is 88.0 Å². The van der Waals surface area contributed by atoms with E-state index in [1.807, 2.05) is 65.3 Å². The number of aromatic nitrogens is 1. The van der Waals surface area contributed by atoms with Gasteiger partial charge < -0.3 is 9.72 Å². The fourth-order valence-electron chi connectivity index (χ4n) is 2.82. The second-order valence-corrected chi connectivity index (χ2v) is 11.2. The first-order valence-corrected chi connectivity index (χ1v) is 13.9. The van der Waals surface area contributed by atoms with E-state index in [-0.39, 0.29) is 11.4 Å². The van der Waals surface area contributed by atoms with E-state index >= 15 is 0 Å². The zero-order chi connectivity index (χ0) is 26.4. The van der Waals surface area contributed by atoms with Gasteiger partial charge in [-0.1, -0.05) is 58.9 Å². The Morgan fingerprint density at radius 2 is 1.53 bits per heavy atom. The van der Waals surface area contributed by atoms with Crippen molar-refractivity contribution < 1.29 is 14.3 Å². The van der Waals surface area contributed by atoms with Gasteiger partial charge in [-0.2, -0.15) is 11.8 Å². The number of carbonyl (C=O) groups excluding carboxylic acids is 2. The summed E-state index contributed by atoms with van der Waals surface area (Å²) in [7, 11) is 0. The molecule has 1 fully saturated rings. The van der Waals surface area contributed by atoms with Gasteiger partial charge in [0.15, 0.2) is 0 Å². The number of nitrogens with one attached hydrogen (secondary N) is 1. The van der Waals surface area contributed by atoms with Crippen molar-refractivity contribution in [3.8, 4) is 0 Å². The molecule has 0 amide bonds. The van der Waals surface area contributed by atoms with Crippen LogP contribution in [0, 0.1) is 5.41 Å². The summed E-state index contributed by atoms with van der Waals surface area (Å²) in [4.78, 5) is 25.4. The molecular weight excluding hydrogens is 442 g/mol. The van der Waals surface area contributed by atoms with Crippen LogP contribution in [-0.4, -0.2) is 35.4 Å². The van der Waals surface area contributed by atoms with Gasteiger partial charge >= 0.3 is 0 Å². The number of hydrogen-bond acceptors (Lipinski definition) is 4. The van der Waals surface area contributed by atoms with Gasteiger partial charge in [0.05, 0.1) is 5.69 Å². The lowest BCUT2D eigenvalue weighted by molar-refractivity contribution is -0.138. The van der Waals surface area contributed by atoms with E-state index in [9.17, 15) is 9.59 Å². The number of thioether (sulfide) groups is 1. The highest BCUT2D eigenvalue weighted by Gasteiger charge is 2.25. The van der Waals surface area contributed by atoms with Crippen LogP contribution in [0.15, 0.2) is 36.4 Å². The average molecular weight is 490 g/mol. The van der Waals surface area contributed by atoms with Crippen molar-refractivity contribution in [3.63, 3.8) is 0 Å². The monoisotopic (exact) mass is 489 g/mol. The Labute approximate surface area is 212 Å². The third-order valence-corrected chi connectivity index (χ3v) is 4.75. The molecule has 4 nitrogen and oxygen atoms in total. The Morgan fingerprint density at radius 3 is 1.91 bits per heavy atom. The van der Waals surface area contributed by atoms with Gasteiger partial charge in [-0.15, -0.1) is 0 Å². The predicted molar refractivity (Wildman–Crippen MR) is 148 cm³/mol. The minimum absolute atomic E-state index is 0.0919. The molecule has 1 heterocycles. The minimum atomic E-state index is -0.318. The molecule has 1 aliphatic carbocycles. The van der Waals surface area contributed by atoms with Crippen LogP contribution in [0.2, 0.25) is 0 Å². The smallest absolute Gasteiger partial charge is 0.293 e. The Balaban J connectivity index is 0.000000765. The molecule has 0 saturated heterocycles. The fraction of sp³-hybridized carbons (Fsp3) is 0.586. The number of carbonyl (C=O) groups is 2. The second-order valence-electron chi connectivity index (χ2n) is 10.4. The molecule has 0 unspecified atom stereocenters. The fourth-order valence-corrected chi connectivity index (χ4v) is 2.82. The number of rotatable bonds is 6. The molecule has 1 aromatic carbocycles. The molecule has 1 N–H and O–H groups in total. The molecule has 3 rings (SSSR count). The molecule has 0 atom stereocenters. The van der Waals surface area contributed by atoms with Crippen molar-refractivity contribution >= 4 is 24.0 Å². The van der Waals surface area contributed by atoms with Gasteiger partial charge in [0, 0.05) is 11.3 Å². The second kappa shape index (κ2) is 15.8. The number of ketones is 1. The van der Waals surface area contributed by atoms with Crippen LogP contribution < -0.4 is 0 Å². The summed E-state index contributed by atoms with van der Waals surface area (Å²) in [6, 6.07) is 12.1. The van der Waals surface area contributed by atoms with E-state index in [4.69, 9.17) is 0 Å². The van der Waals surface area contributed by atoms with Gasteiger partial charge in [-0.3, -0.25) is 9.59 Å². The number of aryl methyl sites for hydroxylation is 1. The predicted octanol–water partition coefficient (Wildman–Crippen LogP) is 8.07. The standard InChI is InChI=1S/C20H25NO.C5H10O2.C2H6S.C2H6/c1-20(2,3)13-12-14-4-6-16(7-5-14)19(22)18-11-10-17(21-18)15-8-9-15;1-5(2,3)7-4-6;1-3-2;1-2/h4-7,10-11,15,21H,8-9,12-13H2,1-3H3;4H,1-3H3;1-2H3;1-2H3. The van der Waals surface area contributed by atoms with Crippen molar-refractivity contribution in [2.24, 2.45) is 5.41 Å². The highest BCUT2D eigenvalue weighted by molar-refractivity contribution is 7.97. The Bertz CT molecular complexity index is 822. The van der Waals surface area contributed by atoms with E-state index in [2.05, 4.69) is 48.7 Å². The highest BCUT2D eigenvalue weighted by atomic mass is 32.2. The third-order valence-electron chi connectivity index (χ3n) is 4.75. The lowest BCUT2D eigenvalue weighted by atomic mass is 9.88. The Morgan fingerprint density at radius 1 is 1.00 bits per heavy atom. The van der Waals surface area contributed by atoms with E-state index < -0.39 is 0 Å². The lowest BCUT2D eigenvalue weighted by Gasteiger charge is -2.17. The SMILES string of the molecule is CC.CC(C)(C)CCc1ccc(C(=O)c2ccc(C3CC3)[nH]2)cc1.CC(C)(C)OC=O.CSC. The van der Waals surface area contributed by atoms with Gasteiger partial charge in [-0.25, -0.2) is 0 Å². The molecule has 0 bridgehead atoms. The molecule has 2 aromatic rings. The molecule has 1 aliphatic rings. The minimum Gasteiger partial charge on any atom is -0.462 e. The summed E-state index contributed by atoms with van der Waals surface area (Å²) in [6.07, 6.45) is 8.79. The molecule has 0 aliphatic heterocycles. The number of H-pyrrole nitrogens is 1. The quantitative estimate of drug-likeness (QED) is 0.329. The van der Waals surface area contributed by atoms with Crippen LogP contribution in [0.1, 0.15) is 108 Å². The van der Waals surface area contributed by atoms with E-state index in [0.29, 0.717) is 23.5 Å². The van der Waals surface area contributed by atoms with Crippen molar-refractivity contribution in [1.29, 1.82) is 0 Å². The molecule has 1 saturated carbocycles. The third kappa shape index (κ3) is 14.3. The maximum Gasteiger partial charge on any atom is 0.293 e. The Kier molecular flexibility index (Phi) is 14.9. The van der Waals surface area contributed by atoms with Crippen LogP contribution in [-0.2, 0) is 16.0 Å². The highest BCUT2D eigenvalue weighted by Crippen LogP contribution is 2.39. The normalized spacial score (nSPS) is 12.6. The zero-order valence-corrected chi connectivity index (χ0v) is 23.9. The van der Waals surface area contributed by atoms with E-state index in [1.54, 1.807) is 11.8 Å². The van der Waals surface area contributed by atoms with E-state index in [1.165, 1.54) is 24.1 Å². The van der Waals surface area contributed by atoms with Crippen molar-refractivity contribution in [1.82, 2.24) is 4.98 Å². The summed E-state index contributed by atoms with van der Waals surface area (Å²) < 4.78 is 4.55. The largest absolute Gasteiger partial charge is 0.462 e. The van der Waals surface area contributed by atoms with Gasteiger partial charge in [0.1, 0.15) is 5.60 Å². The number of ether oxygens (including phenoxy) is 1. The molecule has 192 valence electrons. The number of benzene rings is 1. The molecule has 0 spiro atoms. The summed E-state index contributed by atoms with van der Waals surface area (Å²) in [5.74, 6) is 0.746. The maximum absolute atomic E-state index is 12.5. The topological polar surface area (TPSA) is 59.2 Å². The summed E-state index contributed by atoms with van der Waals surface area (Å²) >= 11 is 1.75. The van der Waals surface area contributed by atoms with Gasteiger partial charge in [0.25, 0.3) is 6.47 Å². The Hall–Kier alpha value is -2.01. The summed E-state index contributed by atoms with van der Waals surface area (Å²) in [5, 5.41) is 0. The summed E-state index contributed by atoms with van der Waals surface area (Å²) in [5.41, 5.74) is 4.02.